The first kappa shape index (κ1) is 21.1. The van der Waals surface area contributed by atoms with Crippen molar-refractivity contribution in [2.24, 2.45) is 0 Å². The predicted molar refractivity (Wildman–Crippen MR) is 105 cm³/mol. The predicted octanol–water partition coefficient (Wildman–Crippen LogP) is 2.74. The minimum absolute atomic E-state index is 0.179. The van der Waals surface area contributed by atoms with Crippen molar-refractivity contribution < 1.29 is 18.8 Å². The van der Waals surface area contributed by atoms with Crippen LogP contribution in [0.5, 0.6) is 0 Å². The van der Waals surface area contributed by atoms with E-state index in [2.05, 4.69) is 10.6 Å². The molecule has 0 spiro atoms. The number of nitrogens with one attached hydrogen (secondary N) is 2. The van der Waals surface area contributed by atoms with Gasteiger partial charge >= 0.3 is 0 Å². The molecule has 2 aromatic rings. The molecule has 0 aliphatic heterocycles. The molecule has 0 radical (unpaired) electrons. The van der Waals surface area contributed by atoms with E-state index in [0.29, 0.717) is 24.2 Å². The summed E-state index contributed by atoms with van der Waals surface area (Å²) in [7, 11) is 0. The average molecular weight is 385 g/mol. The Morgan fingerprint density at radius 2 is 1.61 bits per heavy atom. The fraction of sp³-hybridized carbons (Fsp3) is 0.286. The van der Waals surface area contributed by atoms with Gasteiger partial charge in [0.15, 0.2) is 0 Å². The third-order valence-electron chi connectivity index (χ3n) is 3.99. The molecule has 0 aliphatic rings. The van der Waals surface area contributed by atoms with Gasteiger partial charge in [-0.15, -0.1) is 0 Å². The monoisotopic (exact) mass is 385 g/mol. The maximum Gasteiger partial charge on any atom is 0.254 e. The number of halogens is 1. The van der Waals surface area contributed by atoms with Gasteiger partial charge in [-0.2, -0.15) is 0 Å². The minimum atomic E-state index is -0.442. The van der Waals surface area contributed by atoms with Crippen LogP contribution in [0.1, 0.15) is 29.3 Å². The van der Waals surface area contributed by atoms with Gasteiger partial charge in [0.25, 0.3) is 5.91 Å². The lowest BCUT2D eigenvalue weighted by Crippen LogP contribution is -2.43. The lowest BCUT2D eigenvalue weighted by Gasteiger charge is -2.21. The Morgan fingerprint density at radius 1 is 0.964 bits per heavy atom. The molecule has 0 unspecified atom stereocenters. The molecular formula is C21H24FN3O3. The number of benzene rings is 2. The Bertz CT molecular complexity index is 820. The molecule has 0 heterocycles. The van der Waals surface area contributed by atoms with Crippen LogP contribution in [0.3, 0.4) is 0 Å². The molecule has 2 aromatic carbocycles. The normalized spacial score (nSPS) is 10.2. The quantitative estimate of drug-likeness (QED) is 0.733. The molecule has 0 bridgehead atoms. The smallest absolute Gasteiger partial charge is 0.254 e. The summed E-state index contributed by atoms with van der Waals surface area (Å²) < 4.78 is 13.0. The van der Waals surface area contributed by atoms with Gasteiger partial charge in [-0.1, -0.05) is 24.6 Å². The maximum atomic E-state index is 13.0. The third-order valence-corrected chi connectivity index (χ3v) is 3.99. The number of anilines is 1. The fourth-order valence-corrected chi connectivity index (χ4v) is 2.55. The second kappa shape index (κ2) is 10.2. The number of amides is 3. The second-order valence-corrected chi connectivity index (χ2v) is 6.42. The van der Waals surface area contributed by atoms with E-state index in [1.165, 1.54) is 29.2 Å². The van der Waals surface area contributed by atoms with Gasteiger partial charge in [0, 0.05) is 17.8 Å². The Kier molecular flexibility index (Phi) is 7.68. The molecule has 0 aliphatic carbocycles. The molecule has 3 amide bonds. The van der Waals surface area contributed by atoms with Gasteiger partial charge in [-0.3, -0.25) is 14.4 Å². The van der Waals surface area contributed by atoms with E-state index in [0.717, 1.165) is 5.56 Å². The number of nitrogens with zero attached hydrogens (tertiary/aromatic N) is 1. The number of hydrogen-bond acceptors (Lipinski definition) is 3. The van der Waals surface area contributed by atoms with Crippen molar-refractivity contribution in [2.75, 3.05) is 25.0 Å². The molecule has 7 heteroatoms. The maximum absolute atomic E-state index is 13.0. The van der Waals surface area contributed by atoms with E-state index in [1.807, 2.05) is 26.0 Å². The highest BCUT2D eigenvalue weighted by Crippen LogP contribution is 2.09. The lowest BCUT2D eigenvalue weighted by molar-refractivity contribution is -0.124. The standard InChI is InChI=1S/C21H24FN3O3/c1-3-12-25(21(28)16-6-8-17(22)9-7-16)14-20(27)23-13-19(26)24-18-10-4-15(2)5-11-18/h4-11H,3,12-14H2,1-2H3,(H,23,27)(H,24,26). The molecule has 148 valence electrons. The first-order valence-corrected chi connectivity index (χ1v) is 9.07. The van der Waals surface area contributed by atoms with Crippen LogP contribution in [-0.4, -0.2) is 42.3 Å². The minimum Gasteiger partial charge on any atom is -0.345 e. The Morgan fingerprint density at radius 3 is 2.21 bits per heavy atom. The van der Waals surface area contributed by atoms with E-state index in [9.17, 15) is 18.8 Å². The second-order valence-electron chi connectivity index (χ2n) is 6.42. The van der Waals surface area contributed by atoms with E-state index in [4.69, 9.17) is 0 Å². The van der Waals surface area contributed by atoms with Crippen LogP contribution in [0.4, 0.5) is 10.1 Å². The van der Waals surface area contributed by atoms with E-state index < -0.39 is 11.7 Å². The molecule has 2 N–H and O–H groups in total. The van der Waals surface area contributed by atoms with Gasteiger partial charge in [-0.25, -0.2) is 4.39 Å². The first-order chi connectivity index (χ1) is 13.4. The largest absolute Gasteiger partial charge is 0.345 e. The molecule has 0 aromatic heterocycles. The zero-order valence-electron chi connectivity index (χ0n) is 16.0. The highest BCUT2D eigenvalue weighted by atomic mass is 19.1. The lowest BCUT2D eigenvalue weighted by atomic mass is 10.2. The van der Waals surface area contributed by atoms with Crippen molar-refractivity contribution in [1.82, 2.24) is 10.2 Å². The van der Waals surface area contributed by atoms with Gasteiger partial charge in [0.2, 0.25) is 11.8 Å². The van der Waals surface area contributed by atoms with Crippen LogP contribution in [0.25, 0.3) is 0 Å². The van der Waals surface area contributed by atoms with Crippen LogP contribution >= 0.6 is 0 Å². The van der Waals surface area contributed by atoms with Crippen molar-refractivity contribution in [3.05, 3.63) is 65.5 Å². The number of hydrogen-bond donors (Lipinski definition) is 2. The molecule has 6 nitrogen and oxygen atoms in total. The highest BCUT2D eigenvalue weighted by Gasteiger charge is 2.18. The Labute approximate surface area is 163 Å². The summed E-state index contributed by atoms with van der Waals surface area (Å²) in [6.07, 6.45) is 0.661. The summed E-state index contributed by atoms with van der Waals surface area (Å²) >= 11 is 0. The zero-order valence-corrected chi connectivity index (χ0v) is 16.0. The van der Waals surface area contributed by atoms with Gasteiger partial charge in [0.05, 0.1) is 13.1 Å². The summed E-state index contributed by atoms with van der Waals surface area (Å²) in [5.41, 5.74) is 2.02. The zero-order chi connectivity index (χ0) is 20.5. The number of aryl methyl sites for hydroxylation is 1. The van der Waals surface area contributed by atoms with Crippen molar-refractivity contribution in [2.45, 2.75) is 20.3 Å². The fourth-order valence-electron chi connectivity index (χ4n) is 2.55. The number of carbonyl (C=O) groups excluding carboxylic acids is 3. The summed E-state index contributed by atoms with van der Waals surface area (Å²) in [5.74, 6) is -1.59. The molecule has 28 heavy (non-hydrogen) atoms. The molecule has 0 saturated heterocycles. The summed E-state index contributed by atoms with van der Waals surface area (Å²) in [4.78, 5) is 38.0. The van der Waals surface area contributed by atoms with Crippen LogP contribution in [-0.2, 0) is 9.59 Å². The summed E-state index contributed by atoms with van der Waals surface area (Å²) in [6, 6.07) is 12.5. The molecule has 2 rings (SSSR count). The van der Waals surface area contributed by atoms with Crippen LogP contribution < -0.4 is 10.6 Å². The van der Waals surface area contributed by atoms with Crippen molar-refractivity contribution >= 4 is 23.4 Å². The SMILES string of the molecule is CCCN(CC(=O)NCC(=O)Nc1ccc(C)cc1)C(=O)c1ccc(F)cc1. The van der Waals surface area contributed by atoms with Crippen molar-refractivity contribution in [1.29, 1.82) is 0 Å². The first-order valence-electron chi connectivity index (χ1n) is 9.07. The molecule has 0 fully saturated rings. The van der Waals surface area contributed by atoms with Crippen LogP contribution in [0.15, 0.2) is 48.5 Å². The summed E-state index contributed by atoms with van der Waals surface area (Å²) in [5, 5.41) is 5.20. The molecule has 0 atom stereocenters. The molecular weight excluding hydrogens is 361 g/mol. The van der Waals surface area contributed by atoms with Gasteiger partial charge < -0.3 is 15.5 Å². The van der Waals surface area contributed by atoms with E-state index in [-0.39, 0.29) is 24.9 Å². The van der Waals surface area contributed by atoms with Crippen LogP contribution in [0, 0.1) is 12.7 Å². The van der Waals surface area contributed by atoms with E-state index >= 15 is 0 Å². The topological polar surface area (TPSA) is 78.5 Å². The molecule has 0 saturated carbocycles. The average Bonchev–Trinajstić information content (AvgIpc) is 2.68. The van der Waals surface area contributed by atoms with Crippen LogP contribution in [0.2, 0.25) is 0 Å². The Balaban J connectivity index is 1.87. The number of carbonyl (C=O) groups is 3. The third kappa shape index (κ3) is 6.50. The Hall–Kier alpha value is -3.22. The summed E-state index contributed by atoms with van der Waals surface area (Å²) in [6.45, 7) is 3.83. The number of rotatable bonds is 8. The van der Waals surface area contributed by atoms with E-state index in [1.54, 1.807) is 12.1 Å². The van der Waals surface area contributed by atoms with Gasteiger partial charge in [0.1, 0.15) is 5.82 Å². The van der Waals surface area contributed by atoms with Gasteiger partial charge in [-0.05, 0) is 49.7 Å². The van der Waals surface area contributed by atoms with Crippen molar-refractivity contribution in [3.8, 4) is 0 Å². The highest BCUT2D eigenvalue weighted by molar-refractivity contribution is 5.98. The van der Waals surface area contributed by atoms with Crippen molar-refractivity contribution in [3.63, 3.8) is 0 Å².